The molecule has 0 atom stereocenters. The molecule has 0 saturated heterocycles. The van der Waals surface area contributed by atoms with Gasteiger partial charge in [0.15, 0.2) is 0 Å². The molecule has 0 aliphatic carbocycles. The molecule has 0 unspecified atom stereocenters. The van der Waals surface area contributed by atoms with E-state index in [1.54, 1.807) is 24.1 Å². The predicted octanol–water partition coefficient (Wildman–Crippen LogP) is 2.43. The molecule has 1 amide bonds. The van der Waals surface area contributed by atoms with Crippen LogP contribution < -0.4 is 5.32 Å². The number of aromatic nitrogens is 5. The van der Waals surface area contributed by atoms with E-state index in [9.17, 15) is 4.79 Å². The van der Waals surface area contributed by atoms with Crippen molar-refractivity contribution in [1.82, 2.24) is 24.5 Å². The third-order valence-corrected chi connectivity index (χ3v) is 3.78. The van der Waals surface area contributed by atoms with Crippen molar-refractivity contribution in [2.24, 2.45) is 0 Å². The Morgan fingerprint density at radius 2 is 2.08 bits per heavy atom. The second-order valence-electron chi connectivity index (χ2n) is 5.56. The van der Waals surface area contributed by atoms with Crippen LogP contribution >= 0.6 is 11.6 Å². The summed E-state index contributed by atoms with van der Waals surface area (Å²) in [6.07, 6.45) is 3.20. The molecule has 2 heterocycles. The van der Waals surface area contributed by atoms with E-state index in [-0.39, 0.29) is 18.4 Å². The van der Waals surface area contributed by atoms with E-state index in [2.05, 4.69) is 26.6 Å². The fraction of sp³-hybridized carbons (Fsp3) is 0.250. The molecular formula is C16H17ClN6O. The van der Waals surface area contributed by atoms with Crippen molar-refractivity contribution in [3.8, 4) is 0 Å². The molecule has 3 aromatic rings. The minimum Gasteiger partial charge on any atom is -0.292 e. The number of hydrogen-bond acceptors (Lipinski definition) is 4. The fourth-order valence-electron chi connectivity index (χ4n) is 2.31. The predicted molar refractivity (Wildman–Crippen MR) is 90.9 cm³/mol. The van der Waals surface area contributed by atoms with Crippen LogP contribution in [0.2, 0.25) is 5.02 Å². The van der Waals surface area contributed by atoms with Crippen molar-refractivity contribution < 1.29 is 4.79 Å². The maximum Gasteiger partial charge on any atom is 0.248 e. The van der Waals surface area contributed by atoms with Gasteiger partial charge in [-0.3, -0.25) is 14.8 Å². The molecule has 0 radical (unpaired) electrons. The number of nitrogens with zero attached hydrogens (tertiary/aromatic N) is 5. The van der Waals surface area contributed by atoms with Crippen LogP contribution in [0.4, 0.5) is 5.95 Å². The normalized spacial score (nSPS) is 10.8. The highest BCUT2D eigenvalue weighted by Gasteiger charge is 2.10. The molecule has 0 aliphatic rings. The summed E-state index contributed by atoms with van der Waals surface area (Å²) in [5, 5.41) is 11.6. The smallest absolute Gasteiger partial charge is 0.248 e. The van der Waals surface area contributed by atoms with Crippen LogP contribution in [0.1, 0.15) is 16.8 Å². The first kappa shape index (κ1) is 16.2. The van der Waals surface area contributed by atoms with Crippen LogP contribution in [0.3, 0.4) is 0 Å². The molecule has 0 saturated carbocycles. The molecule has 3 rings (SSSR count). The fourth-order valence-corrected chi connectivity index (χ4v) is 2.46. The van der Waals surface area contributed by atoms with Crippen molar-refractivity contribution in [3.63, 3.8) is 0 Å². The average molecular weight is 345 g/mol. The van der Waals surface area contributed by atoms with E-state index in [4.69, 9.17) is 11.6 Å². The highest BCUT2D eigenvalue weighted by molar-refractivity contribution is 6.31. The summed E-state index contributed by atoms with van der Waals surface area (Å²) in [5.41, 5.74) is 3.00. The molecule has 7 nitrogen and oxygen atoms in total. The number of anilines is 1. The average Bonchev–Trinajstić information content (AvgIpc) is 3.06. The number of carbonyl (C=O) groups is 1. The van der Waals surface area contributed by atoms with E-state index in [1.807, 2.05) is 25.1 Å². The van der Waals surface area contributed by atoms with E-state index in [0.717, 1.165) is 5.56 Å². The van der Waals surface area contributed by atoms with Crippen LogP contribution in [0, 0.1) is 13.8 Å². The monoisotopic (exact) mass is 344 g/mol. The van der Waals surface area contributed by atoms with Gasteiger partial charge in [-0.05, 0) is 19.4 Å². The standard InChI is InChI=1S/C16H17ClN6O/c1-11-4-3-5-13(6-11)7-23-10-18-16(21-23)19-15(24)9-22-8-14(17)12(2)20-22/h3-6,8,10H,7,9H2,1-2H3,(H,19,21,24). The molecule has 0 fully saturated rings. The topological polar surface area (TPSA) is 77.6 Å². The number of hydrogen-bond donors (Lipinski definition) is 1. The molecule has 124 valence electrons. The van der Waals surface area contributed by atoms with Crippen LogP contribution in [-0.4, -0.2) is 30.5 Å². The van der Waals surface area contributed by atoms with Crippen molar-refractivity contribution in [3.05, 3.63) is 58.6 Å². The van der Waals surface area contributed by atoms with Gasteiger partial charge in [0.2, 0.25) is 11.9 Å². The Kier molecular flexibility index (Phi) is 4.61. The maximum absolute atomic E-state index is 12.0. The first-order chi connectivity index (χ1) is 11.5. The zero-order chi connectivity index (χ0) is 17.1. The molecular weight excluding hydrogens is 328 g/mol. The Balaban J connectivity index is 1.60. The second kappa shape index (κ2) is 6.84. The van der Waals surface area contributed by atoms with E-state index < -0.39 is 0 Å². The largest absolute Gasteiger partial charge is 0.292 e. The lowest BCUT2D eigenvalue weighted by Crippen LogP contribution is -2.20. The lowest BCUT2D eigenvalue weighted by molar-refractivity contribution is -0.116. The summed E-state index contributed by atoms with van der Waals surface area (Å²) in [7, 11) is 0. The Morgan fingerprint density at radius 1 is 1.25 bits per heavy atom. The molecule has 8 heteroatoms. The van der Waals surface area contributed by atoms with E-state index >= 15 is 0 Å². The summed E-state index contributed by atoms with van der Waals surface area (Å²) in [6.45, 7) is 4.48. The molecule has 2 aromatic heterocycles. The summed E-state index contributed by atoms with van der Waals surface area (Å²) < 4.78 is 3.16. The van der Waals surface area contributed by atoms with Gasteiger partial charge in [-0.25, -0.2) is 9.67 Å². The van der Waals surface area contributed by atoms with Gasteiger partial charge in [0, 0.05) is 6.20 Å². The minimum absolute atomic E-state index is 0.0555. The number of benzene rings is 1. The molecule has 24 heavy (non-hydrogen) atoms. The van der Waals surface area contributed by atoms with Crippen LogP contribution in [-0.2, 0) is 17.9 Å². The Hall–Kier alpha value is -2.67. The van der Waals surface area contributed by atoms with Gasteiger partial charge in [-0.2, -0.15) is 5.10 Å². The number of carbonyl (C=O) groups excluding carboxylic acids is 1. The van der Waals surface area contributed by atoms with Gasteiger partial charge in [-0.1, -0.05) is 41.4 Å². The van der Waals surface area contributed by atoms with Gasteiger partial charge in [0.25, 0.3) is 0 Å². The highest BCUT2D eigenvalue weighted by Crippen LogP contribution is 2.12. The Morgan fingerprint density at radius 3 is 2.79 bits per heavy atom. The maximum atomic E-state index is 12.0. The molecule has 1 N–H and O–H groups in total. The highest BCUT2D eigenvalue weighted by atomic mass is 35.5. The van der Waals surface area contributed by atoms with Crippen molar-refractivity contribution in [2.45, 2.75) is 26.9 Å². The number of halogens is 1. The van der Waals surface area contributed by atoms with Gasteiger partial charge in [0.1, 0.15) is 12.9 Å². The van der Waals surface area contributed by atoms with Gasteiger partial charge in [-0.15, -0.1) is 5.10 Å². The van der Waals surface area contributed by atoms with Gasteiger partial charge >= 0.3 is 0 Å². The first-order valence-electron chi connectivity index (χ1n) is 7.44. The summed E-state index contributed by atoms with van der Waals surface area (Å²) in [5.74, 6) is 0.00472. The zero-order valence-corrected chi connectivity index (χ0v) is 14.2. The second-order valence-corrected chi connectivity index (χ2v) is 5.97. The number of rotatable bonds is 5. The molecule has 0 bridgehead atoms. The number of amides is 1. The minimum atomic E-state index is -0.262. The van der Waals surface area contributed by atoms with Crippen molar-refractivity contribution >= 4 is 23.5 Å². The van der Waals surface area contributed by atoms with Crippen molar-refractivity contribution in [2.75, 3.05) is 5.32 Å². The third-order valence-electron chi connectivity index (χ3n) is 3.41. The van der Waals surface area contributed by atoms with Crippen LogP contribution in [0.5, 0.6) is 0 Å². The Labute approximate surface area is 144 Å². The zero-order valence-electron chi connectivity index (χ0n) is 13.4. The SMILES string of the molecule is Cc1cccc(Cn2cnc(NC(=O)Cn3cc(Cl)c(C)n3)n2)c1. The number of nitrogens with one attached hydrogen (secondary N) is 1. The van der Waals surface area contributed by atoms with E-state index in [1.165, 1.54) is 10.2 Å². The summed E-state index contributed by atoms with van der Waals surface area (Å²) >= 11 is 5.92. The van der Waals surface area contributed by atoms with E-state index in [0.29, 0.717) is 17.3 Å². The molecule has 0 spiro atoms. The number of aryl methyl sites for hydroxylation is 2. The van der Waals surface area contributed by atoms with Crippen LogP contribution in [0.25, 0.3) is 0 Å². The lowest BCUT2D eigenvalue weighted by Gasteiger charge is -2.03. The first-order valence-corrected chi connectivity index (χ1v) is 7.82. The summed E-state index contributed by atoms with van der Waals surface area (Å²) in [6, 6.07) is 8.15. The summed E-state index contributed by atoms with van der Waals surface area (Å²) in [4.78, 5) is 16.1. The van der Waals surface area contributed by atoms with Gasteiger partial charge in [0.05, 0.1) is 17.3 Å². The molecule has 1 aromatic carbocycles. The Bertz CT molecular complexity index is 850. The van der Waals surface area contributed by atoms with Crippen molar-refractivity contribution in [1.29, 1.82) is 0 Å². The lowest BCUT2D eigenvalue weighted by atomic mass is 10.1. The molecule has 0 aliphatic heterocycles. The third kappa shape index (κ3) is 3.99. The van der Waals surface area contributed by atoms with Crippen LogP contribution in [0.15, 0.2) is 36.8 Å². The van der Waals surface area contributed by atoms with Gasteiger partial charge < -0.3 is 0 Å². The quantitative estimate of drug-likeness (QED) is 0.771.